The summed E-state index contributed by atoms with van der Waals surface area (Å²) >= 11 is 0. The molecule has 0 fully saturated rings. The largest absolute Gasteiger partial charge is 0.362 e. The first-order valence-corrected chi connectivity index (χ1v) is 8.29. The maximum Gasteiger partial charge on any atom is 0.258 e. The van der Waals surface area contributed by atoms with Crippen LogP contribution in [0.3, 0.4) is 0 Å². The molecular weight excluding hydrogens is 300 g/mol. The van der Waals surface area contributed by atoms with E-state index in [1.54, 1.807) is 5.01 Å². The molecule has 2 heterocycles. The fraction of sp³-hybridized carbons (Fsp3) is 0.263. The van der Waals surface area contributed by atoms with Gasteiger partial charge in [0.15, 0.2) is 0 Å². The van der Waals surface area contributed by atoms with Gasteiger partial charge in [-0.1, -0.05) is 42.5 Å². The van der Waals surface area contributed by atoms with Crippen molar-refractivity contribution in [3.05, 3.63) is 65.2 Å². The first-order chi connectivity index (χ1) is 11.7. The van der Waals surface area contributed by atoms with Crippen molar-refractivity contribution < 1.29 is 4.79 Å². The molecular formula is C19H20N4O. The molecule has 0 aromatic heterocycles. The van der Waals surface area contributed by atoms with Crippen LogP contribution in [0, 0.1) is 5.41 Å². The number of rotatable bonds is 3. The van der Waals surface area contributed by atoms with Crippen molar-refractivity contribution in [3.8, 4) is 0 Å². The topological polar surface area (TPSA) is 59.4 Å². The van der Waals surface area contributed by atoms with Crippen LogP contribution in [0.1, 0.15) is 23.1 Å². The average molecular weight is 320 g/mol. The van der Waals surface area contributed by atoms with E-state index < -0.39 is 0 Å². The zero-order valence-corrected chi connectivity index (χ0v) is 13.5. The molecule has 0 unspecified atom stereocenters. The van der Waals surface area contributed by atoms with Crippen molar-refractivity contribution in [3.63, 3.8) is 0 Å². The van der Waals surface area contributed by atoms with E-state index in [2.05, 4.69) is 22.5 Å². The van der Waals surface area contributed by atoms with Crippen molar-refractivity contribution in [1.82, 2.24) is 10.4 Å². The van der Waals surface area contributed by atoms with Gasteiger partial charge < -0.3 is 4.90 Å². The highest BCUT2D eigenvalue weighted by molar-refractivity contribution is 6.01. The highest BCUT2D eigenvalue weighted by atomic mass is 16.2. The molecule has 4 rings (SSSR count). The van der Waals surface area contributed by atoms with Crippen LogP contribution in [0.25, 0.3) is 0 Å². The molecule has 2 aliphatic heterocycles. The minimum absolute atomic E-state index is 0.0794. The summed E-state index contributed by atoms with van der Waals surface area (Å²) < 4.78 is 0. The Morgan fingerprint density at radius 2 is 1.83 bits per heavy atom. The summed E-state index contributed by atoms with van der Waals surface area (Å²) in [4.78, 5) is 14.6. The van der Waals surface area contributed by atoms with Crippen LogP contribution in [0.4, 0.5) is 5.69 Å². The Balaban J connectivity index is 1.43. The van der Waals surface area contributed by atoms with E-state index in [0.29, 0.717) is 18.9 Å². The highest BCUT2D eigenvalue weighted by Gasteiger charge is 2.26. The second-order valence-corrected chi connectivity index (χ2v) is 6.28. The van der Waals surface area contributed by atoms with Gasteiger partial charge in [-0.2, -0.15) is 0 Å². The molecule has 2 aromatic rings. The second kappa shape index (κ2) is 6.00. The van der Waals surface area contributed by atoms with E-state index in [1.165, 1.54) is 5.56 Å². The number of amides is 1. The molecule has 0 spiro atoms. The van der Waals surface area contributed by atoms with Crippen LogP contribution in [-0.4, -0.2) is 29.8 Å². The van der Waals surface area contributed by atoms with Crippen LogP contribution < -0.4 is 10.3 Å². The Morgan fingerprint density at radius 1 is 1.08 bits per heavy atom. The number of aryl methyl sites for hydroxylation is 1. The molecule has 122 valence electrons. The number of carbonyl (C=O) groups is 1. The molecule has 2 aromatic carbocycles. The van der Waals surface area contributed by atoms with Crippen LogP contribution in [-0.2, 0) is 17.8 Å². The van der Waals surface area contributed by atoms with Gasteiger partial charge in [0.1, 0.15) is 5.84 Å². The number of amidine groups is 1. The van der Waals surface area contributed by atoms with Crippen molar-refractivity contribution in [2.75, 3.05) is 18.0 Å². The number of carbonyl (C=O) groups excluding carboxylic acids is 1. The van der Waals surface area contributed by atoms with Gasteiger partial charge >= 0.3 is 0 Å². The van der Waals surface area contributed by atoms with Crippen molar-refractivity contribution >= 4 is 17.4 Å². The molecule has 1 amide bonds. The number of para-hydroxylation sites is 1. The molecule has 5 nitrogen and oxygen atoms in total. The van der Waals surface area contributed by atoms with Gasteiger partial charge in [0.25, 0.3) is 5.91 Å². The highest BCUT2D eigenvalue weighted by Crippen LogP contribution is 2.26. The Kier molecular flexibility index (Phi) is 3.69. The lowest BCUT2D eigenvalue weighted by Gasteiger charge is -2.31. The standard InChI is InChI=1S/C19H20N4O/c20-19-16-9-3-1-7-15(16)12-23(19)21-18(24)13-22-11-5-8-14-6-2-4-10-17(14)22/h1-4,6-7,9-10,20H,5,8,11-13H2,(H,21,24). The van der Waals surface area contributed by atoms with Crippen LogP contribution in [0.2, 0.25) is 0 Å². The molecule has 0 radical (unpaired) electrons. The van der Waals surface area contributed by atoms with Gasteiger partial charge in [0.2, 0.25) is 0 Å². The normalized spacial score (nSPS) is 15.9. The summed E-state index contributed by atoms with van der Waals surface area (Å²) in [5, 5.41) is 9.84. The number of hydrogen-bond donors (Lipinski definition) is 2. The molecule has 0 saturated heterocycles. The lowest BCUT2D eigenvalue weighted by atomic mass is 10.0. The Bertz CT molecular complexity index is 801. The van der Waals surface area contributed by atoms with E-state index >= 15 is 0 Å². The SMILES string of the molecule is N=C1c2ccccc2CN1NC(=O)CN1CCCc2ccccc21. The van der Waals surface area contributed by atoms with E-state index in [1.807, 2.05) is 36.4 Å². The number of nitrogens with one attached hydrogen (secondary N) is 2. The summed E-state index contributed by atoms with van der Waals surface area (Å²) in [6.45, 7) is 1.76. The Hall–Kier alpha value is -2.82. The van der Waals surface area contributed by atoms with E-state index in [4.69, 9.17) is 5.41 Å². The van der Waals surface area contributed by atoms with Gasteiger partial charge in [-0.05, 0) is 30.0 Å². The maximum absolute atomic E-state index is 12.5. The summed E-state index contributed by atoms with van der Waals surface area (Å²) in [7, 11) is 0. The molecule has 24 heavy (non-hydrogen) atoms. The first kappa shape index (κ1) is 14.8. The third-order valence-electron chi connectivity index (χ3n) is 4.67. The fourth-order valence-electron chi connectivity index (χ4n) is 3.51. The Labute approximate surface area is 141 Å². The molecule has 0 aliphatic carbocycles. The van der Waals surface area contributed by atoms with Crippen molar-refractivity contribution in [1.29, 1.82) is 5.41 Å². The molecule has 0 bridgehead atoms. The average Bonchev–Trinajstić information content (AvgIpc) is 2.91. The smallest absolute Gasteiger partial charge is 0.258 e. The number of nitrogens with zero attached hydrogens (tertiary/aromatic N) is 2. The van der Waals surface area contributed by atoms with Crippen LogP contribution in [0.15, 0.2) is 48.5 Å². The quantitative estimate of drug-likeness (QED) is 0.912. The monoisotopic (exact) mass is 320 g/mol. The summed E-state index contributed by atoms with van der Waals surface area (Å²) in [6.07, 6.45) is 2.13. The molecule has 0 atom stereocenters. The third-order valence-corrected chi connectivity index (χ3v) is 4.67. The van der Waals surface area contributed by atoms with Gasteiger partial charge in [-0.25, -0.2) is 0 Å². The number of benzene rings is 2. The fourth-order valence-corrected chi connectivity index (χ4v) is 3.51. The van der Waals surface area contributed by atoms with Gasteiger partial charge in [0.05, 0.1) is 13.1 Å². The number of hydrogen-bond acceptors (Lipinski definition) is 3. The lowest BCUT2D eigenvalue weighted by Crippen LogP contribution is -2.47. The maximum atomic E-state index is 12.5. The minimum Gasteiger partial charge on any atom is -0.362 e. The third kappa shape index (κ3) is 2.62. The van der Waals surface area contributed by atoms with Crippen LogP contribution >= 0.6 is 0 Å². The summed E-state index contributed by atoms with van der Waals surface area (Å²) in [6, 6.07) is 16.1. The van der Waals surface area contributed by atoms with E-state index in [9.17, 15) is 4.79 Å². The van der Waals surface area contributed by atoms with E-state index in [0.717, 1.165) is 36.2 Å². The van der Waals surface area contributed by atoms with Crippen molar-refractivity contribution in [2.24, 2.45) is 0 Å². The summed E-state index contributed by atoms with van der Waals surface area (Å²) in [5.74, 6) is 0.280. The minimum atomic E-state index is -0.0794. The van der Waals surface area contributed by atoms with Gasteiger partial charge in [-0.3, -0.25) is 20.6 Å². The molecule has 2 aliphatic rings. The number of fused-ring (bicyclic) bond motifs is 2. The van der Waals surface area contributed by atoms with Crippen LogP contribution in [0.5, 0.6) is 0 Å². The number of anilines is 1. The first-order valence-electron chi connectivity index (χ1n) is 8.29. The molecule has 0 saturated carbocycles. The molecule has 2 N–H and O–H groups in total. The van der Waals surface area contributed by atoms with Gasteiger partial charge in [0, 0.05) is 17.8 Å². The summed E-state index contributed by atoms with van der Waals surface area (Å²) in [5.41, 5.74) is 7.30. The van der Waals surface area contributed by atoms with Crippen molar-refractivity contribution in [2.45, 2.75) is 19.4 Å². The van der Waals surface area contributed by atoms with E-state index in [-0.39, 0.29) is 5.91 Å². The number of hydrazine groups is 1. The lowest BCUT2D eigenvalue weighted by molar-refractivity contribution is -0.123. The predicted molar refractivity (Wildman–Crippen MR) is 93.9 cm³/mol. The second-order valence-electron chi connectivity index (χ2n) is 6.28. The van der Waals surface area contributed by atoms with Gasteiger partial charge in [-0.15, -0.1) is 0 Å². The zero-order valence-electron chi connectivity index (χ0n) is 13.5. The zero-order chi connectivity index (χ0) is 16.5. The molecule has 5 heteroatoms. The predicted octanol–water partition coefficient (Wildman–Crippen LogP) is 2.31. The Morgan fingerprint density at radius 3 is 2.67 bits per heavy atom.